The number of benzene rings is 1. The molecule has 0 radical (unpaired) electrons. The lowest BCUT2D eigenvalue weighted by molar-refractivity contribution is 0.101. The molecule has 1 fully saturated rings. The molecule has 1 saturated heterocycles. The minimum atomic E-state index is -0.0590. The molecule has 2 unspecified atom stereocenters. The predicted molar refractivity (Wildman–Crippen MR) is 73.6 cm³/mol. The molecule has 102 valence electrons. The van der Waals surface area contributed by atoms with Crippen LogP contribution in [-0.2, 0) is 17.9 Å². The highest BCUT2D eigenvalue weighted by atomic mass is 16.5. The number of aliphatic hydroxyl groups is 1. The van der Waals surface area contributed by atoms with Crippen molar-refractivity contribution in [2.45, 2.75) is 32.6 Å². The number of nitrogen functional groups attached to an aromatic ring is 1. The molecule has 0 amide bonds. The molecule has 2 aromatic rings. The first-order valence-electron chi connectivity index (χ1n) is 6.66. The van der Waals surface area contributed by atoms with Gasteiger partial charge in [0, 0.05) is 24.8 Å². The molecule has 5 heteroatoms. The molecule has 2 atom stereocenters. The number of hydrogen-bond donors (Lipinski definition) is 2. The van der Waals surface area contributed by atoms with Gasteiger partial charge in [-0.2, -0.15) is 0 Å². The van der Waals surface area contributed by atoms with Crippen molar-refractivity contribution in [3.63, 3.8) is 0 Å². The minimum Gasteiger partial charge on any atom is -0.399 e. The summed E-state index contributed by atoms with van der Waals surface area (Å²) in [4.78, 5) is 4.45. The van der Waals surface area contributed by atoms with E-state index in [0.717, 1.165) is 30.6 Å². The van der Waals surface area contributed by atoms with Gasteiger partial charge in [-0.3, -0.25) is 0 Å². The Bertz CT molecular complexity index is 594. The fraction of sp³-hybridized carbons (Fsp3) is 0.500. The van der Waals surface area contributed by atoms with E-state index in [1.807, 2.05) is 18.2 Å². The van der Waals surface area contributed by atoms with E-state index in [2.05, 4.69) is 16.5 Å². The number of nitrogens with two attached hydrogens (primary N) is 1. The molecule has 3 rings (SSSR count). The fourth-order valence-electron chi connectivity index (χ4n) is 2.77. The van der Waals surface area contributed by atoms with Crippen molar-refractivity contribution in [1.82, 2.24) is 9.55 Å². The van der Waals surface area contributed by atoms with Gasteiger partial charge in [0.15, 0.2) is 0 Å². The number of aromatic nitrogens is 2. The monoisotopic (exact) mass is 261 g/mol. The summed E-state index contributed by atoms with van der Waals surface area (Å²) in [5.41, 5.74) is 8.34. The van der Waals surface area contributed by atoms with Crippen molar-refractivity contribution < 1.29 is 9.84 Å². The largest absolute Gasteiger partial charge is 0.399 e. The van der Waals surface area contributed by atoms with Crippen LogP contribution in [0.5, 0.6) is 0 Å². The molecule has 0 aliphatic carbocycles. The number of imidazole rings is 1. The predicted octanol–water partition coefficient (Wildman–Crippen LogP) is 1.54. The van der Waals surface area contributed by atoms with E-state index in [-0.39, 0.29) is 12.7 Å². The second kappa shape index (κ2) is 4.83. The average molecular weight is 261 g/mol. The molecule has 3 N–H and O–H groups in total. The molecule has 1 aromatic heterocycles. The van der Waals surface area contributed by atoms with E-state index < -0.39 is 0 Å². The first kappa shape index (κ1) is 12.4. The molecule has 0 bridgehead atoms. The Balaban J connectivity index is 2.00. The van der Waals surface area contributed by atoms with Crippen molar-refractivity contribution in [2.75, 3.05) is 12.3 Å². The van der Waals surface area contributed by atoms with Gasteiger partial charge in [-0.1, -0.05) is 0 Å². The highest BCUT2D eigenvalue weighted by molar-refractivity contribution is 5.79. The summed E-state index contributed by atoms with van der Waals surface area (Å²) in [5, 5.41) is 9.48. The van der Waals surface area contributed by atoms with Crippen LogP contribution in [0.15, 0.2) is 18.2 Å². The van der Waals surface area contributed by atoms with Crippen molar-refractivity contribution in [3.05, 3.63) is 24.0 Å². The zero-order valence-corrected chi connectivity index (χ0v) is 11.0. The Labute approximate surface area is 112 Å². The standard InChI is InChI=1S/C14H19N3O2/c1-9-10(4-5-19-9)7-17-13-3-2-11(15)6-12(13)16-14(17)8-18/h2-3,6,9-10,18H,4-5,7-8,15H2,1H3. The number of ether oxygens (including phenoxy) is 1. The lowest BCUT2D eigenvalue weighted by Crippen LogP contribution is -2.19. The quantitative estimate of drug-likeness (QED) is 0.822. The zero-order chi connectivity index (χ0) is 13.4. The summed E-state index contributed by atoms with van der Waals surface area (Å²) < 4.78 is 7.69. The molecular weight excluding hydrogens is 242 g/mol. The van der Waals surface area contributed by atoms with Crippen LogP contribution in [-0.4, -0.2) is 27.4 Å². The molecule has 19 heavy (non-hydrogen) atoms. The Kier molecular flexibility index (Phi) is 3.16. The SMILES string of the molecule is CC1OCCC1Cn1c(CO)nc2cc(N)ccc21. The number of anilines is 1. The molecule has 1 aliphatic heterocycles. The number of rotatable bonds is 3. The summed E-state index contributed by atoms with van der Waals surface area (Å²) in [6.45, 7) is 3.70. The van der Waals surface area contributed by atoms with Gasteiger partial charge < -0.3 is 20.1 Å². The smallest absolute Gasteiger partial charge is 0.135 e. The normalized spacial score (nSPS) is 23.3. The van der Waals surface area contributed by atoms with Crippen LogP contribution in [0.1, 0.15) is 19.2 Å². The summed E-state index contributed by atoms with van der Waals surface area (Å²) in [7, 11) is 0. The van der Waals surface area contributed by atoms with Crippen molar-refractivity contribution in [1.29, 1.82) is 0 Å². The van der Waals surface area contributed by atoms with Gasteiger partial charge in [0.25, 0.3) is 0 Å². The highest BCUT2D eigenvalue weighted by Gasteiger charge is 2.26. The first-order valence-corrected chi connectivity index (χ1v) is 6.66. The van der Waals surface area contributed by atoms with E-state index >= 15 is 0 Å². The summed E-state index contributed by atoms with van der Waals surface area (Å²) >= 11 is 0. The Morgan fingerprint density at radius 1 is 1.53 bits per heavy atom. The average Bonchev–Trinajstić information content (AvgIpc) is 2.94. The maximum atomic E-state index is 9.48. The minimum absolute atomic E-state index is 0.0590. The highest BCUT2D eigenvalue weighted by Crippen LogP contribution is 2.26. The van der Waals surface area contributed by atoms with E-state index in [0.29, 0.717) is 17.4 Å². The van der Waals surface area contributed by atoms with Crippen LogP contribution < -0.4 is 5.73 Å². The van der Waals surface area contributed by atoms with E-state index in [9.17, 15) is 5.11 Å². The third-order valence-electron chi connectivity index (χ3n) is 3.94. The first-order chi connectivity index (χ1) is 9.19. The number of fused-ring (bicyclic) bond motifs is 1. The maximum Gasteiger partial charge on any atom is 0.135 e. The van der Waals surface area contributed by atoms with Crippen LogP contribution in [0.3, 0.4) is 0 Å². The molecule has 0 saturated carbocycles. The van der Waals surface area contributed by atoms with Crippen LogP contribution in [0.25, 0.3) is 11.0 Å². The number of hydrogen-bond acceptors (Lipinski definition) is 4. The van der Waals surface area contributed by atoms with E-state index in [4.69, 9.17) is 10.5 Å². The molecule has 2 heterocycles. The topological polar surface area (TPSA) is 73.3 Å². The fourth-order valence-corrected chi connectivity index (χ4v) is 2.77. The summed E-state index contributed by atoms with van der Waals surface area (Å²) in [6, 6.07) is 5.69. The van der Waals surface area contributed by atoms with Gasteiger partial charge in [0.2, 0.25) is 0 Å². The second-order valence-electron chi connectivity index (χ2n) is 5.17. The zero-order valence-electron chi connectivity index (χ0n) is 11.0. The van der Waals surface area contributed by atoms with Gasteiger partial charge in [-0.05, 0) is 31.5 Å². The van der Waals surface area contributed by atoms with Gasteiger partial charge in [0.1, 0.15) is 12.4 Å². The molecular formula is C14H19N3O2. The van der Waals surface area contributed by atoms with E-state index in [1.165, 1.54) is 0 Å². The molecule has 1 aliphatic rings. The Morgan fingerprint density at radius 2 is 2.37 bits per heavy atom. The van der Waals surface area contributed by atoms with E-state index in [1.54, 1.807) is 0 Å². The van der Waals surface area contributed by atoms with Gasteiger partial charge in [-0.25, -0.2) is 4.98 Å². The van der Waals surface area contributed by atoms with Crippen molar-refractivity contribution in [3.8, 4) is 0 Å². The van der Waals surface area contributed by atoms with Gasteiger partial charge in [0.05, 0.1) is 17.1 Å². The second-order valence-corrected chi connectivity index (χ2v) is 5.17. The third-order valence-corrected chi connectivity index (χ3v) is 3.94. The molecule has 5 nitrogen and oxygen atoms in total. The number of nitrogens with zero attached hydrogens (tertiary/aromatic N) is 2. The Hall–Kier alpha value is -1.59. The maximum absolute atomic E-state index is 9.48. The lowest BCUT2D eigenvalue weighted by Gasteiger charge is -2.16. The van der Waals surface area contributed by atoms with Crippen molar-refractivity contribution in [2.24, 2.45) is 5.92 Å². The lowest BCUT2D eigenvalue weighted by atomic mass is 10.0. The molecule has 0 spiro atoms. The summed E-state index contributed by atoms with van der Waals surface area (Å²) in [5.74, 6) is 1.17. The van der Waals surface area contributed by atoms with Crippen LogP contribution >= 0.6 is 0 Å². The van der Waals surface area contributed by atoms with Gasteiger partial charge >= 0.3 is 0 Å². The van der Waals surface area contributed by atoms with Gasteiger partial charge in [-0.15, -0.1) is 0 Å². The third kappa shape index (κ3) is 2.19. The van der Waals surface area contributed by atoms with Crippen LogP contribution in [0.2, 0.25) is 0 Å². The number of aliphatic hydroxyl groups excluding tert-OH is 1. The molecule has 1 aromatic carbocycles. The Morgan fingerprint density at radius 3 is 3.05 bits per heavy atom. The van der Waals surface area contributed by atoms with Crippen LogP contribution in [0.4, 0.5) is 5.69 Å². The van der Waals surface area contributed by atoms with Crippen LogP contribution in [0, 0.1) is 5.92 Å². The van der Waals surface area contributed by atoms with Crippen molar-refractivity contribution >= 4 is 16.7 Å². The summed E-state index contributed by atoms with van der Waals surface area (Å²) in [6.07, 6.45) is 1.32.